The average molecular weight is 323 g/mol. The Hall–Kier alpha value is -3.08. The van der Waals surface area contributed by atoms with Crippen LogP contribution in [0.4, 0.5) is 0 Å². The van der Waals surface area contributed by atoms with E-state index >= 15 is 0 Å². The van der Waals surface area contributed by atoms with Crippen LogP contribution in [0, 0.1) is 6.92 Å². The number of ether oxygens (including phenoxy) is 1. The number of carboxylic acids is 1. The molecule has 122 valence electrons. The van der Waals surface area contributed by atoms with Crippen LogP contribution in [0.15, 0.2) is 57.7 Å². The summed E-state index contributed by atoms with van der Waals surface area (Å²) in [5.74, 6) is -0.971. The molecule has 0 N–H and O–H groups in total. The number of benzene rings is 2. The molecule has 0 amide bonds. The molecule has 0 aliphatic carbocycles. The predicted molar refractivity (Wildman–Crippen MR) is 87.8 cm³/mol. The highest BCUT2D eigenvalue weighted by molar-refractivity contribution is 5.95. The Balaban J connectivity index is 2.19. The fourth-order valence-corrected chi connectivity index (χ4v) is 2.57. The van der Waals surface area contributed by atoms with Gasteiger partial charge in [0.05, 0.1) is 5.97 Å². The summed E-state index contributed by atoms with van der Waals surface area (Å²) in [4.78, 5) is 22.8. The van der Waals surface area contributed by atoms with Crippen molar-refractivity contribution in [3.05, 3.63) is 64.5 Å². The zero-order valence-corrected chi connectivity index (χ0v) is 13.2. The molecule has 5 nitrogen and oxygen atoms in total. The van der Waals surface area contributed by atoms with Gasteiger partial charge in [0, 0.05) is 17.0 Å². The fraction of sp³-hybridized carbons (Fsp3) is 0.158. The maximum absolute atomic E-state index is 12.0. The molecule has 1 aromatic heterocycles. The Kier molecular flexibility index (Phi) is 4.08. The lowest BCUT2D eigenvalue weighted by Crippen LogP contribution is -2.37. The second-order valence-electron chi connectivity index (χ2n) is 5.49. The summed E-state index contributed by atoms with van der Waals surface area (Å²) in [6.45, 7) is 3.10. The summed E-state index contributed by atoms with van der Waals surface area (Å²) in [5, 5.41) is 11.6. The van der Waals surface area contributed by atoms with Gasteiger partial charge in [-0.25, -0.2) is 4.79 Å². The maximum atomic E-state index is 12.0. The van der Waals surface area contributed by atoms with Gasteiger partial charge in [-0.2, -0.15) is 0 Å². The highest BCUT2D eigenvalue weighted by Crippen LogP contribution is 2.33. The Morgan fingerprint density at radius 3 is 2.54 bits per heavy atom. The molecule has 0 fully saturated rings. The van der Waals surface area contributed by atoms with Gasteiger partial charge in [0.25, 0.3) is 0 Å². The van der Waals surface area contributed by atoms with E-state index in [1.165, 1.54) is 13.0 Å². The Morgan fingerprint density at radius 2 is 1.88 bits per heavy atom. The minimum Gasteiger partial charge on any atom is -0.546 e. The summed E-state index contributed by atoms with van der Waals surface area (Å²) in [7, 11) is 0. The molecule has 0 spiro atoms. The maximum Gasteiger partial charge on any atom is 0.336 e. The molecule has 0 aliphatic heterocycles. The van der Waals surface area contributed by atoms with E-state index in [0.717, 1.165) is 16.5 Å². The molecule has 24 heavy (non-hydrogen) atoms. The number of aryl methyl sites for hydroxylation is 1. The van der Waals surface area contributed by atoms with Gasteiger partial charge in [0.15, 0.2) is 0 Å². The van der Waals surface area contributed by atoms with Gasteiger partial charge >= 0.3 is 5.63 Å². The van der Waals surface area contributed by atoms with Crippen molar-refractivity contribution in [2.45, 2.75) is 20.0 Å². The van der Waals surface area contributed by atoms with Crippen molar-refractivity contribution in [2.75, 3.05) is 0 Å². The molecule has 3 aromatic rings. The molecule has 0 unspecified atom stereocenters. The summed E-state index contributed by atoms with van der Waals surface area (Å²) >= 11 is 0. The van der Waals surface area contributed by atoms with E-state index in [4.69, 9.17) is 9.15 Å². The number of aliphatic carboxylic acids is 1. The van der Waals surface area contributed by atoms with Crippen LogP contribution in [0.1, 0.15) is 12.5 Å². The van der Waals surface area contributed by atoms with Gasteiger partial charge in [-0.15, -0.1) is 0 Å². The zero-order chi connectivity index (χ0) is 17.3. The third kappa shape index (κ3) is 2.88. The molecule has 3 rings (SSSR count). The van der Waals surface area contributed by atoms with Crippen LogP contribution in [-0.2, 0) is 4.79 Å². The number of fused-ring (bicyclic) bond motifs is 1. The number of rotatable bonds is 4. The summed E-state index contributed by atoms with van der Waals surface area (Å²) in [5.41, 5.74) is 2.12. The molecule has 0 saturated heterocycles. The standard InChI is InChI=1S/C19H16O5/c1-11-16(23-12(2)19(21)22)9-8-14-15(10-17(20)24-18(11)14)13-6-4-3-5-7-13/h3-10,12H,1-2H3,(H,21,22)/p-1/t12-/m1/s1. The molecule has 0 bridgehead atoms. The lowest BCUT2D eigenvalue weighted by Gasteiger charge is -2.18. The van der Waals surface area contributed by atoms with Crippen LogP contribution in [0.5, 0.6) is 5.75 Å². The molecule has 0 saturated carbocycles. The van der Waals surface area contributed by atoms with Crippen molar-refractivity contribution in [3.8, 4) is 16.9 Å². The summed E-state index contributed by atoms with van der Waals surface area (Å²) < 4.78 is 10.7. The molecule has 1 heterocycles. The lowest BCUT2D eigenvalue weighted by molar-refractivity contribution is -0.312. The van der Waals surface area contributed by atoms with Crippen molar-refractivity contribution in [1.82, 2.24) is 0 Å². The van der Waals surface area contributed by atoms with Crippen LogP contribution < -0.4 is 15.5 Å². The number of carbonyl (C=O) groups is 1. The van der Waals surface area contributed by atoms with E-state index in [1.807, 2.05) is 30.3 Å². The minimum absolute atomic E-state index is 0.340. The summed E-state index contributed by atoms with van der Waals surface area (Å²) in [6.07, 6.45) is -1.11. The van der Waals surface area contributed by atoms with Gasteiger partial charge < -0.3 is 19.1 Å². The Bertz CT molecular complexity index is 957. The highest BCUT2D eigenvalue weighted by atomic mass is 16.5. The second kappa shape index (κ2) is 6.20. The molecule has 1 atom stereocenters. The average Bonchev–Trinajstić information content (AvgIpc) is 2.57. The molecule has 5 heteroatoms. The molecule has 0 radical (unpaired) electrons. The Morgan fingerprint density at radius 1 is 1.17 bits per heavy atom. The van der Waals surface area contributed by atoms with Crippen molar-refractivity contribution in [3.63, 3.8) is 0 Å². The van der Waals surface area contributed by atoms with E-state index in [-0.39, 0.29) is 0 Å². The van der Waals surface area contributed by atoms with Crippen LogP contribution in [0.2, 0.25) is 0 Å². The fourth-order valence-electron chi connectivity index (χ4n) is 2.57. The van der Waals surface area contributed by atoms with Crippen LogP contribution in [0.3, 0.4) is 0 Å². The quantitative estimate of drug-likeness (QED) is 0.688. The van der Waals surface area contributed by atoms with Crippen molar-refractivity contribution >= 4 is 16.9 Å². The molecule has 2 aromatic carbocycles. The predicted octanol–water partition coefficient (Wildman–Crippen LogP) is 2.29. The van der Waals surface area contributed by atoms with E-state index in [9.17, 15) is 14.7 Å². The minimum atomic E-state index is -1.31. The summed E-state index contributed by atoms with van der Waals surface area (Å²) in [6, 6.07) is 14.4. The topological polar surface area (TPSA) is 79.6 Å². The first-order chi connectivity index (χ1) is 11.5. The van der Waals surface area contributed by atoms with Gasteiger partial charge in [0.2, 0.25) is 0 Å². The van der Waals surface area contributed by atoms with E-state index < -0.39 is 17.7 Å². The smallest absolute Gasteiger partial charge is 0.336 e. The normalized spacial score (nSPS) is 12.1. The van der Waals surface area contributed by atoms with Crippen LogP contribution >= 0.6 is 0 Å². The largest absolute Gasteiger partial charge is 0.546 e. The molecular formula is C19H15O5-. The van der Waals surface area contributed by atoms with Crippen LogP contribution in [0.25, 0.3) is 22.1 Å². The number of carboxylic acid groups (broad SMARTS) is 1. The SMILES string of the molecule is Cc1c(O[C@H](C)C(=O)[O-])ccc2c(-c3ccccc3)cc(=O)oc12. The number of carbonyl (C=O) groups excluding carboxylic acids is 1. The lowest BCUT2D eigenvalue weighted by atomic mass is 10.00. The van der Waals surface area contributed by atoms with E-state index in [2.05, 4.69) is 0 Å². The van der Waals surface area contributed by atoms with Gasteiger partial charge in [-0.1, -0.05) is 30.3 Å². The van der Waals surface area contributed by atoms with Crippen molar-refractivity contribution in [2.24, 2.45) is 0 Å². The zero-order valence-electron chi connectivity index (χ0n) is 13.2. The molecular weight excluding hydrogens is 308 g/mol. The first kappa shape index (κ1) is 15.8. The second-order valence-corrected chi connectivity index (χ2v) is 5.49. The van der Waals surface area contributed by atoms with Crippen molar-refractivity contribution in [1.29, 1.82) is 0 Å². The molecule has 0 aliphatic rings. The van der Waals surface area contributed by atoms with Gasteiger partial charge in [0.1, 0.15) is 17.4 Å². The van der Waals surface area contributed by atoms with E-state index in [0.29, 0.717) is 16.9 Å². The third-order valence-electron chi connectivity index (χ3n) is 3.83. The highest BCUT2D eigenvalue weighted by Gasteiger charge is 2.14. The Labute approximate surface area is 138 Å². The first-order valence-corrected chi connectivity index (χ1v) is 7.48. The van der Waals surface area contributed by atoms with Crippen molar-refractivity contribution < 1.29 is 19.1 Å². The van der Waals surface area contributed by atoms with Gasteiger partial charge in [-0.3, -0.25) is 0 Å². The van der Waals surface area contributed by atoms with Gasteiger partial charge in [-0.05, 0) is 37.1 Å². The first-order valence-electron chi connectivity index (χ1n) is 7.48. The monoisotopic (exact) mass is 323 g/mol. The van der Waals surface area contributed by atoms with E-state index in [1.54, 1.807) is 19.1 Å². The number of hydrogen-bond donors (Lipinski definition) is 0. The van der Waals surface area contributed by atoms with Crippen LogP contribution in [-0.4, -0.2) is 12.1 Å². The number of hydrogen-bond acceptors (Lipinski definition) is 5. The third-order valence-corrected chi connectivity index (χ3v) is 3.83.